The van der Waals surface area contributed by atoms with Crippen molar-refractivity contribution in [2.75, 3.05) is 39.3 Å². The van der Waals surface area contributed by atoms with E-state index in [0.717, 1.165) is 32.4 Å². The van der Waals surface area contributed by atoms with Crippen LogP contribution in [0.5, 0.6) is 0 Å². The SMILES string of the molecule is CCCC1CCCN(C(=O)c2cccc(S(=O)(=O)N3CCN(C(C)=O)CC3)c2)CC1. The van der Waals surface area contributed by atoms with Gasteiger partial charge in [-0.25, -0.2) is 8.42 Å². The van der Waals surface area contributed by atoms with Crippen molar-refractivity contribution in [2.45, 2.75) is 50.8 Å². The highest BCUT2D eigenvalue weighted by Crippen LogP contribution is 2.24. The van der Waals surface area contributed by atoms with Gasteiger partial charge in [-0.3, -0.25) is 9.59 Å². The van der Waals surface area contributed by atoms with Crippen molar-refractivity contribution < 1.29 is 18.0 Å². The van der Waals surface area contributed by atoms with Gasteiger partial charge in [0.2, 0.25) is 15.9 Å². The van der Waals surface area contributed by atoms with Crippen molar-refractivity contribution in [2.24, 2.45) is 5.92 Å². The Morgan fingerprint density at radius 3 is 2.40 bits per heavy atom. The second-order valence-corrected chi connectivity index (χ2v) is 10.3. The summed E-state index contributed by atoms with van der Waals surface area (Å²) in [7, 11) is -3.70. The largest absolute Gasteiger partial charge is 0.340 e. The molecule has 7 nitrogen and oxygen atoms in total. The molecule has 2 aliphatic heterocycles. The monoisotopic (exact) mass is 435 g/mol. The van der Waals surface area contributed by atoms with Crippen LogP contribution in [0.3, 0.4) is 0 Å². The Morgan fingerprint density at radius 1 is 1.00 bits per heavy atom. The summed E-state index contributed by atoms with van der Waals surface area (Å²) in [5.74, 6) is 0.539. The van der Waals surface area contributed by atoms with Crippen molar-refractivity contribution in [3.8, 4) is 0 Å². The lowest BCUT2D eigenvalue weighted by atomic mass is 9.96. The summed E-state index contributed by atoms with van der Waals surface area (Å²) in [6, 6.07) is 6.39. The van der Waals surface area contributed by atoms with Crippen LogP contribution in [0.1, 0.15) is 56.3 Å². The first-order chi connectivity index (χ1) is 14.3. The van der Waals surface area contributed by atoms with Crippen LogP contribution < -0.4 is 0 Å². The van der Waals surface area contributed by atoms with E-state index in [2.05, 4.69) is 6.92 Å². The molecule has 0 saturated carbocycles. The minimum Gasteiger partial charge on any atom is -0.340 e. The summed E-state index contributed by atoms with van der Waals surface area (Å²) in [5.41, 5.74) is 0.424. The van der Waals surface area contributed by atoms with Gasteiger partial charge in [-0.05, 0) is 43.4 Å². The Kier molecular flexibility index (Phi) is 7.52. The van der Waals surface area contributed by atoms with E-state index in [1.807, 2.05) is 4.90 Å². The molecular weight excluding hydrogens is 402 g/mol. The minimum absolute atomic E-state index is 0.0433. The molecule has 0 N–H and O–H groups in total. The summed E-state index contributed by atoms with van der Waals surface area (Å²) in [6.45, 7) is 6.46. The summed E-state index contributed by atoms with van der Waals surface area (Å²) in [5, 5.41) is 0. The zero-order chi connectivity index (χ0) is 21.7. The molecule has 8 heteroatoms. The average molecular weight is 436 g/mol. The molecule has 1 aromatic rings. The van der Waals surface area contributed by atoms with Gasteiger partial charge in [0.15, 0.2) is 0 Å². The normalized spacial score (nSPS) is 21.3. The van der Waals surface area contributed by atoms with Crippen molar-refractivity contribution >= 4 is 21.8 Å². The third-order valence-corrected chi connectivity index (χ3v) is 8.13. The fourth-order valence-electron chi connectivity index (χ4n) is 4.43. The molecule has 1 unspecified atom stereocenters. The lowest BCUT2D eigenvalue weighted by Crippen LogP contribution is -2.49. The number of carbonyl (C=O) groups excluding carboxylic acids is 2. The maximum absolute atomic E-state index is 13.1. The number of benzene rings is 1. The highest BCUT2D eigenvalue weighted by Gasteiger charge is 2.30. The predicted molar refractivity (Wildman–Crippen MR) is 116 cm³/mol. The molecule has 2 aliphatic rings. The summed E-state index contributed by atoms with van der Waals surface area (Å²) < 4.78 is 27.6. The molecule has 0 bridgehead atoms. The molecule has 2 heterocycles. The summed E-state index contributed by atoms with van der Waals surface area (Å²) >= 11 is 0. The van der Waals surface area contributed by atoms with Crippen molar-refractivity contribution in [3.63, 3.8) is 0 Å². The highest BCUT2D eigenvalue weighted by molar-refractivity contribution is 7.89. The first kappa shape index (κ1) is 22.7. The zero-order valence-corrected chi connectivity index (χ0v) is 18.9. The third-order valence-electron chi connectivity index (χ3n) is 6.23. The highest BCUT2D eigenvalue weighted by atomic mass is 32.2. The number of carbonyl (C=O) groups is 2. The summed E-state index contributed by atoms with van der Waals surface area (Å²) in [6.07, 6.45) is 5.52. The van der Waals surface area contributed by atoms with Crippen LogP contribution in [0.4, 0.5) is 0 Å². The second-order valence-electron chi connectivity index (χ2n) is 8.32. The number of amides is 2. The van der Waals surface area contributed by atoms with Crippen LogP contribution in [-0.4, -0.2) is 73.6 Å². The van der Waals surface area contributed by atoms with Crippen molar-refractivity contribution in [1.82, 2.24) is 14.1 Å². The molecule has 166 valence electrons. The number of hydrogen-bond acceptors (Lipinski definition) is 4. The molecule has 2 saturated heterocycles. The van der Waals surface area contributed by atoms with E-state index in [0.29, 0.717) is 24.6 Å². The van der Waals surface area contributed by atoms with Gasteiger partial charge in [0.1, 0.15) is 0 Å². The van der Waals surface area contributed by atoms with E-state index >= 15 is 0 Å². The van der Waals surface area contributed by atoms with Crippen LogP contribution in [0.25, 0.3) is 0 Å². The maximum Gasteiger partial charge on any atom is 0.253 e. The van der Waals surface area contributed by atoms with Crippen LogP contribution in [0.15, 0.2) is 29.2 Å². The number of sulfonamides is 1. The molecule has 1 aromatic carbocycles. The quantitative estimate of drug-likeness (QED) is 0.712. The number of piperazine rings is 1. The van der Waals surface area contributed by atoms with Gasteiger partial charge in [-0.1, -0.05) is 25.8 Å². The first-order valence-electron chi connectivity index (χ1n) is 11.0. The van der Waals surface area contributed by atoms with Crippen LogP contribution in [-0.2, 0) is 14.8 Å². The number of likely N-dealkylation sites (tertiary alicyclic amines) is 1. The van der Waals surface area contributed by atoms with E-state index in [1.54, 1.807) is 23.1 Å². The molecule has 3 rings (SSSR count). The lowest BCUT2D eigenvalue weighted by molar-refractivity contribution is -0.129. The Bertz CT molecular complexity index is 863. The molecule has 0 radical (unpaired) electrons. The van der Waals surface area contributed by atoms with Gasteiger partial charge in [0.05, 0.1) is 4.90 Å². The molecule has 2 amide bonds. The average Bonchev–Trinajstić information content (AvgIpc) is 2.99. The van der Waals surface area contributed by atoms with Gasteiger partial charge in [0, 0.05) is 51.8 Å². The van der Waals surface area contributed by atoms with E-state index < -0.39 is 10.0 Å². The zero-order valence-electron chi connectivity index (χ0n) is 18.0. The fourth-order valence-corrected chi connectivity index (χ4v) is 5.90. The molecule has 0 aromatic heterocycles. The van der Waals surface area contributed by atoms with Crippen LogP contribution >= 0.6 is 0 Å². The maximum atomic E-state index is 13.1. The van der Waals surface area contributed by atoms with Gasteiger partial charge in [-0.15, -0.1) is 0 Å². The molecular formula is C22H33N3O4S. The van der Waals surface area contributed by atoms with Crippen molar-refractivity contribution in [3.05, 3.63) is 29.8 Å². The number of nitrogens with zero attached hydrogens (tertiary/aromatic N) is 3. The Morgan fingerprint density at radius 2 is 1.73 bits per heavy atom. The van der Waals surface area contributed by atoms with E-state index in [-0.39, 0.29) is 29.8 Å². The predicted octanol–water partition coefficient (Wildman–Crippen LogP) is 2.58. The van der Waals surface area contributed by atoms with E-state index in [1.165, 1.54) is 30.1 Å². The van der Waals surface area contributed by atoms with Crippen LogP contribution in [0.2, 0.25) is 0 Å². The summed E-state index contributed by atoms with van der Waals surface area (Å²) in [4.78, 5) is 28.2. The first-order valence-corrected chi connectivity index (χ1v) is 12.4. The number of rotatable bonds is 5. The van der Waals surface area contributed by atoms with E-state index in [9.17, 15) is 18.0 Å². The topological polar surface area (TPSA) is 78.0 Å². The van der Waals surface area contributed by atoms with Gasteiger partial charge in [0.25, 0.3) is 5.91 Å². The lowest BCUT2D eigenvalue weighted by Gasteiger charge is -2.33. The smallest absolute Gasteiger partial charge is 0.253 e. The third kappa shape index (κ3) is 5.21. The van der Waals surface area contributed by atoms with Gasteiger partial charge in [-0.2, -0.15) is 4.31 Å². The molecule has 30 heavy (non-hydrogen) atoms. The fraction of sp³-hybridized carbons (Fsp3) is 0.636. The minimum atomic E-state index is -3.70. The van der Waals surface area contributed by atoms with Gasteiger partial charge < -0.3 is 9.80 Å². The number of hydrogen-bond donors (Lipinski definition) is 0. The Hall–Kier alpha value is -1.93. The van der Waals surface area contributed by atoms with Crippen molar-refractivity contribution in [1.29, 1.82) is 0 Å². The Balaban J connectivity index is 1.71. The molecule has 0 spiro atoms. The molecule has 2 fully saturated rings. The second kappa shape index (κ2) is 9.92. The van der Waals surface area contributed by atoms with Crippen LogP contribution in [0, 0.1) is 5.92 Å². The molecule has 0 aliphatic carbocycles. The Labute approximate surface area is 180 Å². The van der Waals surface area contributed by atoms with Gasteiger partial charge >= 0.3 is 0 Å². The van der Waals surface area contributed by atoms with E-state index in [4.69, 9.17) is 0 Å². The molecule has 1 atom stereocenters. The standard InChI is InChI=1S/C22H33N3O4S/c1-3-6-19-7-5-11-24(12-10-19)22(27)20-8-4-9-21(17-20)30(28,29)25-15-13-23(14-16-25)18(2)26/h4,8-9,17,19H,3,5-7,10-16H2,1-2H3.